The average molecular weight is 535 g/mol. The molecule has 39 heavy (non-hydrogen) atoms. The predicted molar refractivity (Wildman–Crippen MR) is 144 cm³/mol. The van der Waals surface area contributed by atoms with Crippen molar-refractivity contribution in [1.29, 1.82) is 0 Å². The van der Waals surface area contributed by atoms with Gasteiger partial charge in [0.1, 0.15) is 17.8 Å². The van der Waals surface area contributed by atoms with Crippen molar-refractivity contribution in [2.75, 3.05) is 24.6 Å². The lowest BCUT2D eigenvalue weighted by Gasteiger charge is -2.32. The van der Waals surface area contributed by atoms with Crippen molar-refractivity contribution in [2.24, 2.45) is 5.92 Å². The summed E-state index contributed by atoms with van der Waals surface area (Å²) in [5, 5.41) is 9.47. The number of aliphatic hydroxyl groups excluding tert-OH is 1. The molecule has 1 aliphatic heterocycles. The number of anilines is 1. The van der Waals surface area contributed by atoms with Gasteiger partial charge in [-0.3, -0.25) is 4.79 Å². The van der Waals surface area contributed by atoms with Crippen molar-refractivity contribution >= 4 is 22.8 Å². The van der Waals surface area contributed by atoms with Crippen LogP contribution in [0, 0.1) is 17.6 Å². The maximum absolute atomic E-state index is 15.3. The van der Waals surface area contributed by atoms with Crippen LogP contribution in [0.5, 0.6) is 0 Å². The molecule has 1 aromatic carbocycles. The summed E-state index contributed by atoms with van der Waals surface area (Å²) in [7, 11) is 0. The maximum Gasteiger partial charge on any atom is 0.225 e. The molecule has 1 N–H and O–H groups in total. The van der Waals surface area contributed by atoms with E-state index in [1.54, 1.807) is 19.1 Å². The smallest absolute Gasteiger partial charge is 0.225 e. The molecule has 5 rings (SSSR count). The highest BCUT2D eigenvalue weighted by molar-refractivity contribution is 5.96. The number of aryl methyl sites for hydroxylation is 1. The first kappa shape index (κ1) is 26.8. The minimum atomic E-state index is -0.550. The number of carbonyl (C=O) groups excluding carboxylic acids is 1. The first-order chi connectivity index (χ1) is 18.9. The Kier molecular flexibility index (Phi) is 7.92. The highest BCUT2D eigenvalue weighted by Gasteiger charge is 2.26. The van der Waals surface area contributed by atoms with E-state index < -0.39 is 11.6 Å². The van der Waals surface area contributed by atoms with E-state index in [2.05, 4.69) is 31.8 Å². The zero-order valence-corrected chi connectivity index (χ0v) is 22.1. The number of aromatic nitrogens is 5. The molecule has 1 fully saturated rings. The van der Waals surface area contributed by atoms with Gasteiger partial charge in [0.05, 0.1) is 11.1 Å². The van der Waals surface area contributed by atoms with Crippen LogP contribution >= 0.6 is 0 Å². The largest absolute Gasteiger partial charge is 0.396 e. The maximum atomic E-state index is 15.3. The number of hydrogen-bond donors (Lipinski definition) is 1. The molecule has 0 aliphatic carbocycles. The first-order valence-electron chi connectivity index (χ1n) is 13.4. The highest BCUT2D eigenvalue weighted by Crippen LogP contribution is 2.31. The first-order valence-corrected chi connectivity index (χ1v) is 13.4. The van der Waals surface area contributed by atoms with Gasteiger partial charge in [0.2, 0.25) is 5.95 Å². The van der Waals surface area contributed by atoms with Crippen LogP contribution in [0.1, 0.15) is 66.3 Å². The number of benzene rings is 1. The van der Waals surface area contributed by atoms with E-state index in [9.17, 15) is 14.3 Å². The molecule has 0 unspecified atom stereocenters. The molecule has 1 aliphatic rings. The van der Waals surface area contributed by atoms with Gasteiger partial charge in [-0.05, 0) is 42.4 Å². The van der Waals surface area contributed by atoms with Gasteiger partial charge < -0.3 is 14.6 Å². The SMILES string of the molecule is CCc1cnc(N2CCC(n3cc(F)c4c(Cc5ccc(C(=O)C[C@@H](C)CO)cc5F)ncnc43)CC2)nc1. The van der Waals surface area contributed by atoms with Crippen molar-refractivity contribution in [2.45, 2.75) is 52.0 Å². The Morgan fingerprint density at radius 3 is 2.51 bits per heavy atom. The van der Waals surface area contributed by atoms with E-state index in [-0.39, 0.29) is 48.1 Å². The van der Waals surface area contributed by atoms with Crippen LogP contribution in [0.4, 0.5) is 14.7 Å². The molecule has 1 atom stereocenters. The lowest BCUT2D eigenvalue weighted by atomic mass is 9.98. The van der Waals surface area contributed by atoms with Gasteiger partial charge in [0.15, 0.2) is 11.6 Å². The Balaban J connectivity index is 1.33. The van der Waals surface area contributed by atoms with Gasteiger partial charge in [-0.25, -0.2) is 28.7 Å². The molecule has 0 bridgehead atoms. The summed E-state index contributed by atoms with van der Waals surface area (Å²) in [6, 6.07) is 4.36. The number of piperidine rings is 1. The van der Waals surface area contributed by atoms with E-state index in [1.165, 1.54) is 18.6 Å². The quantitative estimate of drug-likeness (QED) is 0.311. The normalized spacial score (nSPS) is 15.2. The van der Waals surface area contributed by atoms with Crippen LogP contribution in [0.3, 0.4) is 0 Å². The number of rotatable bonds is 9. The molecular weight excluding hydrogens is 502 g/mol. The molecule has 0 amide bonds. The Morgan fingerprint density at radius 2 is 1.85 bits per heavy atom. The van der Waals surface area contributed by atoms with Crippen LogP contribution in [0.15, 0.2) is 43.1 Å². The van der Waals surface area contributed by atoms with Crippen LogP contribution in [0.2, 0.25) is 0 Å². The average Bonchev–Trinajstić information content (AvgIpc) is 3.31. The summed E-state index contributed by atoms with van der Waals surface area (Å²) in [4.78, 5) is 32.2. The van der Waals surface area contributed by atoms with Gasteiger partial charge in [-0.2, -0.15) is 0 Å². The monoisotopic (exact) mass is 534 g/mol. The van der Waals surface area contributed by atoms with E-state index in [0.29, 0.717) is 22.9 Å². The van der Waals surface area contributed by atoms with Crippen molar-refractivity contribution < 1.29 is 18.7 Å². The summed E-state index contributed by atoms with van der Waals surface area (Å²) in [6.07, 6.45) is 9.21. The second kappa shape index (κ2) is 11.5. The predicted octanol–water partition coefficient (Wildman–Crippen LogP) is 4.70. The third kappa shape index (κ3) is 5.66. The second-order valence-electron chi connectivity index (χ2n) is 10.3. The zero-order chi connectivity index (χ0) is 27.5. The van der Waals surface area contributed by atoms with E-state index in [1.807, 2.05) is 17.0 Å². The number of ketones is 1. The fourth-order valence-electron chi connectivity index (χ4n) is 5.09. The van der Waals surface area contributed by atoms with Crippen molar-refractivity contribution in [3.05, 3.63) is 77.1 Å². The molecule has 0 radical (unpaired) electrons. The summed E-state index contributed by atoms with van der Waals surface area (Å²) >= 11 is 0. The van der Waals surface area contributed by atoms with Crippen LogP contribution in [-0.2, 0) is 12.8 Å². The Labute approximate surface area is 225 Å². The van der Waals surface area contributed by atoms with Crippen molar-refractivity contribution in [3.8, 4) is 0 Å². The number of Topliss-reactive ketones (excluding diaryl/α,β-unsaturated/α-hetero) is 1. The topological polar surface area (TPSA) is 97.0 Å². The molecule has 0 spiro atoms. The second-order valence-corrected chi connectivity index (χ2v) is 10.3. The summed E-state index contributed by atoms with van der Waals surface area (Å²) in [5.74, 6) is -0.714. The van der Waals surface area contributed by atoms with Crippen LogP contribution in [0.25, 0.3) is 11.0 Å². The van der Waals surface area contributed by atoms with Gasteiger partial charge in [-0.1, -0.05) is 26.0 Å². The van der Waals surface area contributed by atoms with E-state index in [4.69, 9.17) is 0 Å². The zero-order valence-electron chi connectivity index (χ0n) is 22.1. The molecule has 204 valence electrons. The number of nitrogens with zero attached hydrogens (tertiary/aromatic N) is 6. The van der Waals surface area contributed by atoms with Gasteiger partial charge in [0, 0.05) is 62.7 Å². The molecule has 8 nitrogen and oxygen atoms in total. The van der Waals surface area contributed by atoms with Crippen molar-refractivity contribution in [1.82, 2.24) is 24.5 Å². The fraction of sp³-hybridized carbons (Fsp3) is 0.414. The number of fused-ring (bicyclic) bond motifs is 1. The van der Waals surface area contributed by atoms with Crippen molar-refractivity contribution in [3.63, 3.8) is 0 Å². The standard InChI is InChI=1S/C29H32F2N6O2/c1-3-19-13-32-29(33-14-19)36-8-6-22(7-9-36)37-15-24(31)27-25(34-17-35-28(27)37)12-20-4-5-21(11-23(20)30)26(39)10-18(2)16-38/h4-5,11,13-15,17-18,22,38H,3,6-10,12,16H2,1-2H3/t18-/m1/s1. The summed E-state index contributed by atoms with van der Waals surface area (Å²) in [6.45, 7) is 5.19. The van der Waals surface area contributed by atoms with Gasteiger partial charge >= 0.3 is 0 Å². The number of aliphatic hydroxyl groups is 1. The molecule has 4 aromatic rings. The highest BCUT2D eigenvalue weighted by atomic mass is 19.1. The molecule has 4 heterocycles. The fourth-order valence-corrected chi connectivity index (χ4v) is 5.09. The lowest BCUT2D eigenvalue weighted by molar-refractivity contribution is 0.0943. The van der Waals surface area contributed by atoms with Gasteiger partial charge in [0.25, 0.3) is 0 Å². The Bertz CT molecular complexity index is 1460. The molecule has 3 aromatic heterocycles. The Morgan fingerprint density at radius 1 is 1.10 bits per heavy atom. The third-order valence-corrected chi connectivity index (χ3v) is 7.46. The summed E-state index contributed by atoms with van der Waals surface area (Å²) < 4.78 is 32.1. The Hall–Kier alpha value is -3.79. The minimum absolute atomic E-state index is 0.0502. The minimum Gasteiger partial charge on any atom is -0.396 e. The molecule has 10 heteroatoms. The molecule has 1 saturated heterocycles. The van der Waals surface area contributed by atoms with Crippen LogP contribution < -0.4 is 4.90 Å². The number of halogens is 2. The molecule has 0 saturated carbocycles. The van der Waals surface area contributed by atoms with E-state index >= 15 is 4.39 Å². The number of hydrogen-bond acceptors (Lipinski definition) is 7. The van der Waals surface area contributed by atoms with Crippen LogP contribution in [-0.4, -0.2) is 55.1 Å². The third-order valence-electron chi connectivity index (χ3n) is 7.46. The lowest BCUT2D eigenvalue weighted by Crippen LogP contribution is -2.35. The number of carbonyl (C=O) groups is 1. The van der Waals surface area contributed by atoms with Gasteiger partial charge in [-0.15, -0.1) is 0 Å². The molecular formula is C29H32F2N6O2. The summed E-state index contributed by atoms with van der Waals surface area (Å²) in [5.41, 5.74) is 2.54. The van der Waals surface area contributed by atoms with E-state index in [0.717, 1.165) is 37.9 Å².